The van der Waals surface area contributed by atoms with E-state index < -0.39 is 34.9 Å². The van der Waals surface area contributed by atoms with Gasteiger partial charge in [0.05, 0.1) is 18.7 Å². The number of rotatable bonds is 7. The summed E-state index contributed by atoms with van der Waals surface area (Å²) in [5.74, 6) is 0.202. The van der Waals surface area contributed by atoms with E-state index in [0.717, 1.165) is 30.3 Å². The number of aryl methyl sites for hydroxylation is 1. The number of halogens is 3. The lowest BCUT2D eigenvalue weighted by Gasteiger charge is -2.47. The summed E-state index contributed by atoms with van der Waals surface area (Å²) >= 11 is 0. The maximum Gasteiger partial charge on any atom is 0.416 e. The second kappa shape index (κ2) is 11.7. The summed E-state index contributed by atoms with van der Waals surface area (Å²) in [6.45, 7) is 8.03. The van der Waals surface area contributed by atoms with Crippen LogP contribution in [0.15, 0.2) is 42.7 Å². The third kappa shape index (κ3) is 6.11. The smallest absolute Gasteiger partial charge is 0.416 e. The van der Waals surface area contributed by atoms with Gasteiger partial charge < -0.3 is 18.9 Å². The van der Waals surface area contributed by atoms with E-state index in [1.165, 1.54) is 15.9 Å². The Balaban J connectivity index is 1.35. The zero-order valence-electron chi connectivity index (χ0n) is 26.9. The van der Waals surface area contributed by atoms with E-state index in [1.807, 2.05) is 36.7 Å². The first-order valence-electron chi connectivity index (χ1n) is 15.7. The van der Waals surface area contributed by atoms with Gasteiger partial charge in [-0.1, -0.05) is 12.1 Å². The lowest BCUT2D eigenvalue weighted by Crippen LogP contribution is -2.54. The molecule has 2 aliphatic heterocycles. The SMILES string of the molecule is Cn1cnnc1C(c1cccc(N2Cc3c(cc(CN(C(=O)OC(C)(C)C)C4(C)CCC4)cc3C(F)(F)F)C2=O)c1)C1CCOC1. The van der Waals surface area contributed by atoms with E-state index in [4.69, 9.17) is 9.47 Å². The van der Waals surface area contributed by atoms with Crippen LogP contribution in [0.5, 0.6) is 0 Å². The van der Waals surface area contributed by atoms with Crippen molar-refractivity contribution in [3.05, 3.63) is 76.4 Å². The van der Waals surface area contributed by atoms with Crippen LogP contribution in [0.4, 0.5) is 23.7 Å². The van der Waals surface area contributed by atoms with Gasteiger partial charge in [-0.15, -0.1) is 10.2 Å². The number of ether oxygens (including phenoxy) is 2. The van der Waals surface area contributed by atoms with Crippen LogP contribution in [-0.2, 0) is 35.8 Å². The standard InChI is InChI=1S/C34H40F3N5O4/c1-32(2,3)46-31(44)42(33(4)11-7-12-33)17-21-14-25-26(27(15-21)34(35,36)37)18-41(30(25)43)24-9-6-8-22(16-24)28(23-10-13-45-19-23)29-39-38-20-40(29)5/h6,8-9,14-16,20,23,28H,7,10-13,17-19H2,1-5H3. The minimum atomic E-state index is -4.70. The first kappa shape index (κ1) is 32.0. The van der Waals surface area contributed by atoms with Crippen LogP contribution in [0.25, 0.3) is 0 Å². The van der Waals surface area contributed by atoms with Gasteiger partial charge in [0.2, 0.25) is 0 Å². The van der Waals surface area contributed by atoms with Crippen LogP contribution < -0.4 is 4.90 Å². The molecule has 1 saturated heterocycles. The minimum Gasteiger partial charge on any atom is -0.444 e. The summed E-state index contributed by atoms with van der Waals surface area (Å²) in [5, 5.41) is 8.42. The molecule has 6 rings (SSSR count). The number of alkyl halides is 3. The molecule has 3 aromatic rings. The van der Waals surface area contributed by atoms with E-state index in [9.17, 15) is 22.8 Å². The van der Waals surface area contributed by atoms with Gasteiger partial charge in [0.25, 0.3) is 5.91 Å². The summed E-state index contributed by atoms with van der Waals surface area (Å²) < 4.78 is 56.9. The Hall–Kier alpha value is -3.93. The number of benzene rings is 2. The number of amides is 2. The second-order valence-corrected chi connectivity index (χ2v) is 14.0. The van der Waals surface area contributed by atoms with Crippen molar-refractivity contribution in [3.8, 4) is 0 Å². The van der Waals surface area contributed by atoms with Crippen molar-refractivity contribution in [1.82, 2.24) is 19.7 Å². The van der Waals surface area contributed by atoms with Crippen LogP contribution in [0.2, 0.25) is 0 Å². The maximum atomic E-state index is 14.6. The zero-order valence-corrected chi connectivity index (χ0v) is 26.9. The summed E-state index contributed by atoms with van der Waals surface area (Å²) in [7, 11) is 1.87. The molecule has 1 aromatic heterocycles. The molecular formula is C34H40F3N5O4. The summed E-state index contributed by atoms with van der Waals surface area (Å²) in [4.78, 5) is 30.1. The van der Waals surface area contributed by atoms with Gasteiger partial charge in [-0.2, -0.15) is 13.2 Å². The van der Waals surface area contributed by atoms with Crippen molar-refractivity contribution in [3.63, 3.8) is 0 Å². The number of hydrogen-bond donors (Lipinski definition) is 0. The normalized spacial score (nSPS) is 20.0. The second-order valence-electron chi connectivity index (χ2n) is 14.0. The molecule has 0 spiro atoms. The predicted molar refractivity (Wildman–Crippen MR) is 164 cm³/mol. The number of nitrogens with zero attached hydrogens (tertiary/aromatic N) is 5. The average Bonchev–Trinajstić information content (AvgIpc) is 3.71. The van der Waals surface area contributed by atoms with Crippen LogP contribution in [0.3, 0.4) is 0 Å². The molecule has 0 radical (unpaired) electrons. The molecule has 246 valence electrons. The number of carbonyl (C=O) groups excluding carboxylic acids is 2. The van der Waals surface area contributed by atoms with Gasteiger partial charge >= 0.3 is 12.3 Å². The fourth-order valence-corrected chi connectivity index (χ4v) is 6.86. The highest BCUT2D eigenvalue weighted by Gasteiger charge is 2.44. The maximum absolute atomic E-state index is 14.6. The Labute approximate surface area is 266 Å². The van der Waals surface area contributed by atoms with Crippen molar-refractivity contribution in [2.75, 3.05) is 18.1 Å². The van der Waals surface area contributed by atoms with E-state index in [0.29, 0.717) is 31.7 Å². The molecular weight excluding hydrogens is 599 g/mol. The Bertz CT molecular complexity index is 1640. The van der Waals surface area contributed by atoms with Gasteiger partial charge in [0.1, 0.15) is 17.8 Å². The van der Waals surface area contributed by atoms with E-state index in [1.54, 1.807) is 33.2 Å². The van der Waals surface area contributed by atoms with Gasteiger partial charge in [-0.25, -0.2) is 4.79 Å². The van der Waals surface area contributed by atoms with Crippen molar-refractivity contribution >= 4 is 17.7 Å². The van der Waals surface area contributed by atoms with Gasteiger partial charge in [-0.3, -0.25) is 9.69 Å². The van der Waals surface area contributed by atoms with E-state index >= 15 is 0 Å². The van der Waals surface area contributed by atoms with Gasteiger partial charge in [0, 0.05) is 42.9 Å². The highest BCUT2D eigenvalue weighted by molar-refractivity contribution is 6.10. The molecule has 2 atom stereocenters. The first-order chi connectivity index (χ1) is 21.6. The first-order valence-corrected chi connectivity index (χ1v) is 15.7. The molecule has 2 amide bonds. The number of carbonyl (C=O) groups is 2. The van der Waals surface area contributed by atoms with Crippen molar-refractivity contribution in [2.45, 2.75) is 89.7 Å². The van der Waals surface area contributed by atoms with E-state index in [-0.39, 0.29) is 41.6 Å². The topological polar surface area (TPSA) is 89.8 Å². The van der Waals surface area contributed by atoms with Crippen LogP contribution in [-0.4, -0.2) is 56.0 Å². The molecule has 2 aromatic carbocycles. The lowest BCUT2D eigenvalue weighted by atomic mass is 9.77. The predicted octanol–water partition coefficient (Wildman–Crippen LogP) is 6.84. The van der Waals surface area contributed by atoms with Crippen LogP contribution in [0, 0.1) is 5.92 Å². The molecule has 0 N–H and O–H groups in total. The average molecular weight is 640 g/mol. The minimum absolute atomic E-state index is 0.00725. The molecule has 2 unspecified atom stereocenters. The molecule has 3 heterocycles. The highest BCUT2D eigenvalue weighted by Crippen LogP contribution is 2.43. The Morgan fingerprint density at radius 2 is 1.96 bits per heavy atom. The third-order valence-corrected chi connectivity index (χ3v) is 9.45. The Kier molecular flexibility index (Phi) is 8.15. The van der Waals surface area contributed by atoms with Crippen molar-refractivity contribution < 1.29 is 32.2 Å². The summed E-state index contributed by atoms with van der Waals surface area (Å²) in [6.07, 6.45) is -0.483. The number of anilines is 1. The van der Waals surface area contributed by atoms with Crippen molar-refractivity contribution in [1.29, 1.82) is 0 Å². The van der Waals surface area contributed by atoms with Crippen LogP contribution >= 0.6 is 0 Å². The molecule has 46 heavy (non-hydrogen) atoms. The van der Waals surface area contributed by atoms with Gasteiger partial charge in [0.15, 0.2) is 0 Å². The molecule has 3 aliphatic rings. The molecule has 1 aliphatic carbocycles. The lowest BCUT2D eigenvalue weighted by molar-refractivity contribution is -0.138. The van der Waals surface area contributed by atoms with E-state index in [2.05, 4.69) is 10.2 Å². The largest absolute Gasteiger partial charge is 0.444 e. The molecule has 12 heteroatoms. The molecule has 9 nitrogen and oxygen atoms in total. The molecule has 2 fully saturated rings. The fraction of sp³-hybridized carbons (Fsp3) is 0.529. The number of aromatic nitrogens is 3. The van der Waals surface area contributed by atoms with Gasteiger partial charge in [-0.05, 0) is 100 Å². The number of fused-ring (bicyclic) bond motifs is 1. The van der Waals surface area contributed by atoms with Crippen molar-refractivity contribution in [2.24, 2.45) is 13.0 Å². The third-order valence-electron chi connectivity index (χ3n) is 9.45. The zero-order chi connectivity index (χ0) is 33.0. The summed E-state index contributed by atoms with van der Waals surface area (Å²) in [6, 6.07) is 9.94. The highest BCUT2D eigenvalue weighted by atomic mass is 19.4. The quantitative estimate of drug-likeness (QED) is 0.281. The Morgan fingerprint density at radius 1 is 1.20 bits per heavy atom. The monoisotopic (exact) mass is 639 g/mol. The molecule has 1 saturated carbocycles. The fourth-order valence-electron chi connectivity index (χ4n) is 6.86. The Morgan fingerprint density at radius 3 is 2.54 bits per heavy atom. The summed E-state index contributed by atoms with van der Waals surface area (Å²) in [5.41, 5.74) is -0.645. The molecule has 0 bridgehead atoms. The number of hydrogen-bond acceptors (Lipinski definition) is 6. The van der Waals surface area contributed by atoms with Crippen LogP contribution in [0.1, 0.15) is 97.7 Å².